The first kappa shape index (κ1) is 25.2. The number of methoxy groups -OCH3 is 2. The summed E-state index contributed by atoms with van der Waals surface area (Å²) >= 11 is 7.58. The minimum absolute atomic E-state index is 0.201. The molecule has 0 saturated carbocycles. The van der Waals surface area contributed by atoms with Crippen molar-refractivity contribution in [2.75, 3.05) is 24.9 Å². The van der Waals surface area contributed by atoms with E-state index in [2.05, 4.69) is 10.6 Å². The number of carbonyl (C=O) groups excluding carboxylic acids is 2. The molecule has 0 aliphatic heterocycles. The number of hydrogen-bond acceptors (Lipinski definition) is 5. The predicted molar refractivity (Wildman–Crippen MR) is 139 cm³/mol. The summed E-state index contributed by atoms with van der Waals surface area (Å²) in [6.45, 7) is 1.81. The van der Waals surface area contributed by atoms with Gasteiger partial charge in [-0.2, -0.15) is 0 Å². The quantitative estimate of drug-likeness (QED) is 0.275. The van der Waals surface area contributed by atoms with Crippen LogP contribution in [0.4, 0.5) is 11.4 Å². The van der Waals surface area contributed by atoms with Gasteiger partial charge in [-0.25, -0.2) is 0 Å². The van der Waals surface area contributed by atoms with Gasteiger partial charge >= 0.3 is 0 Å². The molecule has 0 bridgehead atoms. The molecule has 0 radical (unpaired) electrons. The summed E-state index contributed by atoms with van der Waals surface area (Å²) in [4.78, 5) is 25.8. The molecule has 0 aliphatic rings. The summed E-state index contributed by atoms with van der Waals surface area (Å²) in [5.74, 6) is 0.493. The summed E-state index contributed by atoms with van der Waals surface area (Å²) in [5.41, 5.74) is 2.08. The van der Waals surface area contributed by atoms with Gasteiger partial charge in [0.2, 0.25) is 11.8 Å². The van der Waals surface area contributed by atoms with Crippen LogP contribution in [0.15, 0.2) is 77.7 Å². The number of ether oxygens (including phenoxy) is 2. The first-order chi connectivity index (χ1) is 16.4. The number of amides is 2. The van der Waals surface area contributed by atoms with Crippen LogP contribution in [0.25, 0.3) is 6.08 Å². The molecule has 8 heteroatoms. The number of anilines is 2. The third-order valence-electron chi connectivity index (χ3n) is 4.76. The summed E-state index contributed by atoms with van der Waals surface area (Å²) in [6.07, 6.45) is 3.24. The van der Waals surface area contributed by atoms with Gasteiger partial charge in [0.25, 0.3) is 0 Å². The molecule has 0 fully saturated rings. The van der Waals surface area contributed by atoms with Gasteiger partial charge in [0.15, 0.2) is 0 Å². The molecule has 1 atom stereocenters. The third-order valence-corrected chi connectivity index (χ3v) is 6.17. The first-order valence-electron chi connectivity index (χ1n) is 10.4. The highest BCUT2D eigenvalue weighted by Crippen LogP contribution is 2.36. The van der Waals surface area contributed by atoms with Crippen molar-refractivity contribution < 1.29 is 19.1 Å². The number of nitrogens with one attached hydrogen (secondary N) is 2. The van der Waals surface area contributed by atoms with Crippen molar-refractivity contribution in [3.05, 3.63) is 83.4 Å². The van der Waals surface area contributed by atoms with Crippen LogP contribution in [0.1, 0.15) is 12.5 Å². The van der Waals surface area contributed by atoms with Crippen LogP contribution in [-0.4, -0.2) is 31.3 Å². The number of hydrogen-bond donors (Lipinski definition) is 2. The molecule has 34 heavy (non-hydrogen) atoms. The molecule has 0 heterocycles. The standard InChI is InChI=1S/C26H25ClN2O4S/c1-17(26(31)29-22-15-21(27)23(32-2)16-24(22)33-3)34-20-12-10-19(11-13-20)28-25(30)14-9-18-7-5-4-6-8-18/h4-17H,1-3H3,(H,28,30)(H,29,31)/b14-9+. The molecule has 1 unspecified atom stereocenters. The van der Waals surface area contributed by atoms with Crippen LogP contribution in [-0.2, 0) is 9.59 Å². The molecule has 0 spiro atoms. The molecular weight excluding hydrogens is 472 g/mol. The van der Waals surface area contributed by atoms with E-state index < -0.39 is 0 Å². The second-order valence-electron chi connectivity index (χ2n) is 7.19. The molecule has 6 nitrogen and oxygen atoms in total. The highest BCUT2D eigenvalue weighted by molar-refractivity contribution is 8.00. The highest BCUT2D eigenvalue weighted by atomic mass is 35.5. The molecule has 0 saturated heterocycles. The van der Waals surface area contributed by atoms with Crippen LogP contribution in [0, 0.1) is 0 Å². The maximum absolute atomic E-state index is 12.7. The van der Waals surface area contributed by atoms with Crippen molar-refractivity contribution in [2.24, 2.45) is 0 Å². The Morgan fingerprint density at radius 1 is 0.941 bits per heavy atom. The van der Waals surface area contributed by atoms with Crippen LogP contribution >= 0.6 is 23.4 Å². The largest absolute Gasteiger partial charge is 0.495 e. The predicted octanol–water partition coefficient (Wildman–Crippen LogP) is 6.13. The van der Waals surface area contributed by atoms with Gasteiger partial charge in [-0.15, -0.1) is 11.8 Å². The van der Waals surface area contributed by atoms with E-state index >= 15 is 0 Å². The van der Waals surface area contributed by atoms with Crippen LogP contribution < -0.4 is 20.1 Å². The summed E-state index contributed by atoms with van der Waals surface area (Å²) < 4.78 is 10.5. The minimum atomic E-state index is -0.389. The van der Waals surface area contributed by atoms with E-state index in [0.717, 1.165) is 10.5 Å². The summed E-state index contributed by atoms with van der Waals surface area (Å²) in [5, 5.41) is 5.66. The van der Waals surface area contributed by atoms with Crippen molar-refractivity contribution in [1.82, 2.24) is 0 Å². The normalized spacial score (nSPS) is 11.6. The van der Waals surface area contributed by atoms with Crippen molar-refractivity contribution in [2.45, 2.75) is 17.1 Å². The average Bonchev–Trinajstić information content (AvgIpc) is 2.84. The zero-order valence-electron chi connectivity index (χ0n) is 19.0. The molecule has 3 aromatic rings. The lowest BCUT2D eigenvalue weighted by atomic mass is 10.2. The summed E-state index contributed by atoms with van der Waals surface area (Å²) in [6, 6.07) is 20.1. The number of halogens is 1. The molecule has 176 valence electrons. The van der Waals surface area contributed by atoms with E-state index in [1.165, 1.54) is 32.1 Å². The number of rotatable bonds is 9. The Morgan fingerprint density at radius 3 is 2.26 bits per heavy atom. The smallest absolute Gasteiger partial charge is 0.248 e. The van der Waals surface area contributed by atoms with Gasteiger partial charge in [-0.1, -0.05) is 41.9 Å². The van der Waals surface area contributed by atoms with Crippen molar-refractivity contribution in [1.29, 1.82) is 0 Å². The SMILES string of the molecule is COc1cc(OC)c(NC(=O)C(C)Sc2ccc(NC(=O)/C=C/c3ccccc3)cc2)cc1Cl. The number of carbonyl (C=O) groups is 2. The van der Waals surface area contributed by atoms with E-state index in [1.807, 2.05) is 49.4 Å². The average molecular weight is 497 g/mol. The lowest BCUT2D eigenvalue weighted by molar-refractivity contribution is -0.115. The van der Waals surface area contributed by atoms with Gasteiger partial charge in [0.1, 0.15) is 11.5 Å². The van der Waals surface area contributed by atoms with Gasteiger partial charge in [0.05, 0.1) is 30.2 Å². The van der Waals surface area contributed by atoms with Crippen LogP contribution in [0.5, 0.6) is 11.5 Å². The van der Waals surface area contributed by atoms with E-state index in [0.29, 0.717) is 27.9 Å². The monoisotopic (exact) mass is 496 g/mol. The zero-order valence-corrected chi connectivity index (χ0v) is 20.6. The van der Waals surface area contributed by atoms with Gasteiger partial charge in [-0.3, -0.25) is 9.59 Å². The summed E-state index contributed by atoms with van der Waals surface area (Å²) in [7, 11) is 3.02. The van der Waals surface area contributed by atoms with Crippen LogP contribution in [0.2, 0.25) is 5.02 Å². The van der Waals surface area contributed by atoms with Crippen molar-refractivity contribution in [3.63, 3.8) is 0 Å². The Bertz CT molecular complexity index is 1170. The molecule has 0 aliphatic carbocycles. The van der Waals surface area contributed by atoms with Gasteiger partial charge in [0, 0.05) is 22.7 Å². The Balaban J connectivity index is 1.56. The van der Waals surface area contributed by atoms with E-state index in [1.54, 1.807) is 30.3 Å². The zero-order chi connectivity index (χ0) is 24.5. The lowest BCUT2D eigenvalue weighted by Gasteiger charge is -2.16. The highest BCUT2D eigenvalue weighted by Gasteiger charge is 2.18. The lowest BCUT2D eigenvalue weighted by Crippen LogP contribution is -2.22. The van der Waals surface area contributed by atoms with Gasteiger partial charge < -0.3 is 20.1 Å². The molecule has 2 N–H and O–H groups in total. The van der Waals surface area contributed by atoms with E-state index in [9.17, 15) is 9.59 Å². The molecule has 2 amide bonds. The Labute approximate surface area is 208 Å². The van der Waals surface area contributed by atoms with Crippen molar-refractivity contribution >= 4 is 52.6 Å². The Morgan fingerprint density at radius 2 is 1.62 bits per heavy atom. The minimum Gasteiger partial charge on any atom is -0.495 e. The molecular formula is C26H25ClN2O4S. The van der Waals surface area contributed by atoms with Gasteiger partial charge in [-0.05, 0) is 48.9 Å². The maximum Gasteiger partial charge on any atom is 0.248 e. The van der Waals surface area contributed by atoms with E-state index in [4.69, 9.17) is 21.1 Å². The second kappa shape index (κ2) is 12.2. The number of thioether (sulfide) groups is 1. The number of benzene rings is 3. The van der Waals surface area contributed by atoms with E-state index in [-0.39, 0.29) is 17.1 Å². The molecule has 3 aromatic carbocycles. The second-order valence-corrected chi connectivity index (χ2v) is 9.02. The third kappa shape index (κ3) is 7.04. The first-order valence-corrected chi connectivity index (χ1v) is 11.7. The van der Waals surface area contributed by atoms with Crippen molar-refractivity contribution in [3.8, 4) is 11.5 Å². The topological polar surface area (TPSA) is 76.7 Å². The van der Waals surface area contributed by atoms with Crippen LogP contribution in [0.3, 0.4) is 0 Å². The molecule has 0 aromatic heterocycles. The Kier molecular flexibility index (Phi) is 9.01. The Hall–Kier alpha value is -3.42. The fraction of sp³-hybridized carbons (Fsp3) is 0.154. The maximum atomic E-state index is 12.7. The fourth-order valence-corrected chi connectivity index (χ4v) is 4.09. The fourth-order valence-electron chi connectivity index (χ4n) is 2.99. The molecule has 3 rings (SSSR count).